The molecule has 0 amide bonds. The Labute approximate surface area is 177 Å². The van der Waals surface area contributed by atoms with Crippen molar-refractivity contribution in [2.75, 3.05) is 39.4 Å². The van der Waals surface area contributed by atoms with Crippen LogP contribution in [0.3, 0.4) is 0 Å². The van der Waals surface area contributed by atoms with Crippen molar-refractivity contribution in [3.8, 4) is 0 Å². The summed E-state index contributed by atoms with van der Waals surface area (Å²) in [7, 11) is 0. The van der Waals surface area contributed by atoms with Crippen LogP contribution in [0.5, 0.6) is 0 Å². The van der Waals surface area contributed by atoms with E-state index in [0.717, 1.165) is 75.3 Å². The van der Waals surface area contributed by atoms with Crippen LogP contribution in [0.1, 0.15) is 29.5 Å². The standard InChI is InChI=1S/C24H32N2O4/c1-15-7-16(2)24-20(8-15)19(11-23(28)30-24)14-25-12-17-9-21(22(27)10-18(17)13-25)26-3-5-29-6-4-26/h7-8,11,17-18,21-22,27H,3-6,9-10,12-14H2,1-2H3/t17-,18+,21-,22-/m1/s1. The lowest BCUT2D eigenvalue weighted by Crippen LogP contribution is -2.53. The molecule has 0 radical (unpaired) electrons. The molecule has 3 aliphatic rings. The second-order valence-electron chi connectivity index (χ2n) is 9.52. The van der Waals surface area contributed by atoms with Crippen molar-refractivity contribution in [2.24, 2.45) is 11.8 Å². The molecule has 1 N–H and O–H groups in total. The molecule has 1 aromatic carbocycles. The maximum Gasteiger partial charge on any atom is 0.336 e. The molecule has 1 aromatic heterocycles. The minimum Gasteiger partial charge on any atom is -0.422 e. The summed E-state index contributed by atoms with van der Waals surface area (Å²) in [5.41, 5.74) is 3.68. The Balaban J connectivity index is 1.34. The van der Waals surface area contributed by atoms with E-state index < -0.39 is 0 Å². The van der Waals surface area contributed by atoms with Crippen LogP contribution in [-0.4, -0.2) is 66.4 Å². The van der Waals surface area contributed by atoms with Crippen molar-refractivity contribution in [3.05, 3.63) is 45.3 Å². The number of ether oxygens (including phenoxy) is 1. The molecule has 3 fully saturated rings. The number of likely N-dealkylation sites (tertiary alicyclic amines) is 1. The molecule has 4 atom stereocenters. The van der Waals surface area contributed by atoms with Gasteiger partial charge in [-0.15, -0.1) is 0 Å². The lowest BCUT2D eigenvalue weighted by Gasteiger charge is -2.43. The number of hydrogen-bond acceptors (Lipinski definition) is 6. The molecule has 2 saturated heterocycles. The lowest BCUT2D eigenvalue weighted by atomic mass is 9.77. The van der Waals surface area contributed by atoms with Crippen LogP contribution in [0.2, 0.25) is 0 Å². The van der Waals surface area contributed by atoms with E-state index in [0.29, 0.717) is 17.4 Å². The van der Waals surface area contributed by atoms with Crippen molar-refractivity contribution in [2.45, 2.75) is 45.4 Å². The van der Waals surface area contributed by atoms with Crippen molar-refractivity contribution in [3.63, 3.8) is 0 Å². The van der Waals surface area contributed by atoms with Crippen LogP contribution >= 0.6 is 0 Å². The van der Waals surface area contributed by atoms with Crippen molar-refractivity contribution >= 4 is 11.0 Å². The molecule has 1 saturated carbocycles. The third-order valence-corrected chi connectivity index (χ3v) is 7.35. The molecule has 0 spiro atoms. The predicted molar refractivity (Wildman–Crippen MR) is 116 cm³/mol. The average molecular weight is 413 g/mol. The van der Waals surface area contributed by atoms with Crippen LogP contribution in [0.15, 0.2) is 27.4 Å². The fourth-order valence-electron chi connectivity index (χ4n) is 5.99. The van der Waals surface area contributed by atoms with Crippen LogP contribution in [0, 0.1) is 25.7 Å². The number of aliphatic hydroxyl groups is 1. The van der Waals surface area contributed by atoms with Gasteiger partial charge in [0.25, 0.3) is 0 Å². The number of fused-ring (bicyclic) bond motifs is 2. The van der Waals surface area contributed by atoms with Gasteiger partial charge < -0.3 is 14.3 Å². The SMILES string of the molecule is Cc1cc(C)c2oc(=O)cc(CN3C[C@H]4C[C@@H](N5CCOCC5)[C@H](O)C[C@H]4C3)c2c1. The molecule has 30 heavy (non-hydrogen) atoms. The predicted octanol–water partition coefficient (Wildman–Crippen LogP) is 2.31. The first-order valence-electron chi connectivity index (χ1n) is 11.2. The highest BCUT2D eigenvalue weighted by molar-refractivity contribution is 5.83. The Bertz CT molecular complexity index is 981. The molecule has 2 aliphatic heterocycles. The minimum absolute atomic E-state index is 0.251. The molecule has 162 valence electrons. The zero-order valence-electron chi connectivity index (χ0n) is 18.0. The van der Waals surface area contributed by atoms with Gasteiger partial charge in [0.05, 0.1) is 19.3 Å². The van der Waals surface area contributed by atoms with Crippen LogP contribution in [-0.2, 0) is 11.3 Å². The molecule has 6 heteroatoms. The van der Waals surface area contributed by atoms with E-state index in [4.69, 9.17) is 9.15 Å². The molecule has 5 rings (SSSR count). The van der Waals surface area contributed by atoms with Crippen LogP contribution < -0.4 is 5.63 Å². The van der Waals surface area contributed by atoms with Crippen LogP contribution in [0.25, 0.3) is 11.0 Å². The van der Waals surface area contributed by atoms with Gasteiger partial charge in [-0.05, 0) is 61.3 Å². The molecule has 1 aliphatic carbocycles. The van der Waals surface area contributed by atoms with Crippen LogP contribution in [0.4, 0.5) is 0 Å². The minimum atomic E-state index is -0.274. The Morgan fingerprint density at radius 2 is 1.80 bits per heavy atom. The van der Waals surface area contributed by atoms with Gasteiger partial charge in [0.15, 0.2) is 0 Å². The highest BCUT2D eigenvalue weighted by Crippen LogP contribution is 2.39. The summed E-state index contributed by atoms with van der Waals surface area (Å²) in [6, 6.07) is 6.10. The maximum atomic E-state index is 12.2. The Hall–Kier alpha value is -1.73. The summed E-state index contributed by atoms with van der Waals surface area (Å²) in [5.74, 6) is 1.14. The lowest BCUT2D eigenvalue weighted by molar-refractivity contribution is -0.0520. The number of nitrogens with zero attached hydrogens (tertiary/aromatic N) is 2. The van der Waals surface area contributed by atoms with E-state index in [9.17, 15) is 9.90 Å². The Morgan fingerprint density at radius 1 is 1.07 bits per heavy atom. The number of aliphatic hydroxyl groups excluding tert-OH is 1. The van der Waals surface area contributed by atoms with E-state index in [-0.39, 0.29) is 17.8 Å². The third kappa shape index (κ3) is 3.82. The summed E-state index contributed by atoms with van der Waals surface area (Å²) in [6.45, 7) is 10.3. The van der Waals surface area contributed by atoms with Crippen molar-refractivity contribution < 1.29 is 14.3 Å². The fourth-order valence-corrected chi connectivity index (χ4v) is 5.99. The molecule has 6 nitrogen and oxygen atoms in total. The Morgan fingerprint density at radius 3 is 2.57 bits per heavy atom. The quantitative estimate of drug-likeness (QED) is 0.781. The number of aryl methyl sites for hydroxylation is 2. The largest absolute Gasteiger partial charge is 0.422 e. The summed E-state index contributed by atoms with van der Waals surface area (Å²) >= 11 is 0. The zero-order chi connectivity index (χ0) is 20.8. The van der Waals surface area contributed by atoms with Crippen molar-refractivity contribution in [1.29, 1.82) is 0 Å². The number of benzene rings is 1. The molecule has 0 unspecified atom stereocenters. The van der Waals surface area contributed by atoms with Gasteiger partial charge in [-0.25, -0.2) is 4.79 Å². The molecule has 0 bridgehead atoms. The van der Waals surface area contributed by atoms with E-state index >= 15 is 0 Å². The van der Waals surface area contributed by atoms with Crippen molar-refractivity contribution in [1.82, 2.24) is 9.80 Å². The maximum absolute atomic E-state index is 12.2. The van der Waals surface area contributed by atoms with Gasteiger partial charge in [0, 0.05) is 50.2 Å². The summed E-state index contributed by atoms with van der Waals surface area (Å²) in [6.07, 6.45) is 1.68. The first kappa shape index (κ1) is 20.2. The normalized spacial score (nSPS) is 30.6. The first-order chi connectivity index (χ1) is 14.5. The van der Waals surface area contributed by atoms with Gasteiger partial charge in [-0.2, -0.15) is 0 Å². The second kappa shape index (κ2) is 8.08. The van der Waals surface area contributed by atoms with Gasteiger partial charge in [0.1, 0.15) is 5.58 Å². The molecule has 2 aromatic rings. The third-order valence-electron chi connectivity index (χ3n) is 7.35. The number of rotatable bonds is 3. The number of morpholine rings is 1. The number of hydrogen-bond donors (Lipinski definition) is 1. The van der Waals surface area contributed by atoms with Gasteiger partial charge in [-0.1, -0.05) is 6.07 Å². The van der Waals surface area contributed by atoms with Gasteiger partial charge in [-0.3, -0.25) is 9.80 Å². The topological polar surface area (TPSA) is 66.2 Å². The summed E-state index contributed by atoms with van der Waals surface area (Å²) in [5, 5.41) is 11.9. The summed E-state index contributed by atoms with van der Waals surface area (Å²) in [4.78, 5) is 17.1. The molecular formula is C24H32N2O4. The van der Waals surface area contributed by atoms with E-state index in [1.807, 2.05) is 6.92 Å². The highest BCUT2D eigenvalue weighted by atomic mass is 16.5. The van der Waals surface area contributed by atoms with E-state index in [1.54, 1.807) is 6.07 Å². The molecular weight excluding hydrogens is 380 g/mol. The monoisotopic (exact) mass is 412 g/mol. The highest BCUT2D eigenvalue weighted by Gasteiger charge is 2.43. The van der Waals surface area contributed by atoms with Gasteiger partial charge in [0.2, 0.25) is 0 Å². The van der Waals surface area contributed by atoms with Gasteiger partial charge >= 0.3 is 5.63 Å². The fraction of sp³-hybridized carbons (Fsp3) is 0.625. The Kier molecular flexibility index (Phi) is 5.44. The van der Waals surface area contributed by atoms with E-state index in [2.05, 4.69) is 28.9 Å². The second-order valence-corrected chi connectivity index (χ2v) is 9.52. The first-order valence-corrected chi connectivity index (χ1v) is 11.2. The zero-order valence-corrected chi connectivity index (χ0v) is 18.0. The smallest absolute Gasteiger partial charge is 0.336 e. The summed E-state index contributed by atoms with van der Waals surface area (Å²) < 4.78 is 11.0. The molecule has 3 heterocycles. The van der Waals surface area contributed by atoms with E-state index in [1.165, 1.54) is 5.56 Å². The average Bonchev–Trinajstić information content (AvgIpc) is 3.10.